The van der Waals surface area contributed by atoms with Crippen molar-refractivity contribution in [2.75, 3.05) is 13.2 Å². The molecule has 9 nitrogen and oxygen atoms in total. The van der Waals surface area contributed by atoms with E-state index in [-0.39, 0.29) is 6.73 Å². The van der Waals surface area contributed by atoms with E-state index in [4.69, 9.17) is 14.9 Å². The number of imidazole rings is 1. The van der Waals surface area contributed by atoms with Crippen LogP contribution in [-0.2, 0) is 11.5 Å². The topological polar surface area (TPSA) is 131 Å². The second-order valence-electron chi connectivity index (χ2n) is 3.22. The van der Waals surface area contributed by atoms with Crippen molar-refractivity contribution in [1.29, 1.82) is 0 Å². The molecule has 1 aromatic rings. The molecule has 0 aliphatic carbocycles. The average molecular weight is 247 g/mol. The van der Waals surface area contributed by atoms with Crippen LogP contribution in [0.4, 0.5) is 5.95 Å². The first kappa shape index (κ1) is 13.5. The summed E-state index contributed by atoms with van der Waals surface area (Å²) in [4.78, 5) is 13.3. The number of nitrogens with zero attached hydrogens (tertiary/aromatic N) is 3. The predicted octanol–water partition coefficient (Wildman–Crippen LogP) is -1.52. The Balaban J connectivity index is 2.59. The van der Waals surface area contributed by atoms with Crippen LogP contribution in [0, 0.1) is 10.1 Å². The molecule has 0 bridgehead atoms. The van der Waals surface area contributed by atoms with Gasteiger partial charge in [-0.05, 0) is 4.92 Å². The third-order valence-electron chi connectivity index (χ3n) is 2.08. The van der Waals surface area contributed by atoms with Gasteiger partial charge >= 0.3 is 5.95 Å². The molecule has 9 heteroatoms. The molecule has 1 rings (SSSR count). The van der Waals surface area contributed by atoms with E-state index in [1.807, 2.05) is 0 Å². The lowest BCUT2D eigenvalue weighted by Gasteiger charge is -2.18. The highest BCUT2D eigenvalue weighted by molar-refractivity contribution is 5.05. The molecule has 1 unspecified atom stereocenters. The maximum atomic E-state index is 10.5. The number of aliphatic hydroxyl groups excluding tert-OH is 3. The van der Waals surface area contributed by atoms with E-state index < -0.39 is 36.3 Å². The van der Waals surface area contributed by atoms with Crippen LogP contribution in [0.15, 0.2) is 12.4 Å². The minimum absolute atomic E-state index is 0.251. The molecule has 0 aliphatic rings. The van der Waals surface area contributed by atoms with Crippen molar-refractivity contribution in [3.05, 3.63) is 22.5 Å². The molecule has 0 fully saturated rings. The van der Waals surface area contributed by atoms with Gasteiger partial charge in [-0.1, -0.05) is 4.98 Å². The van der Waals surface area contributed by atoms with Gasteiger partial charge in [0.15, 0.2) is 6.73 Å². The number of hydrogen-bond donors (Lipinski definition) is 3. The molecule has 1 aromatic heterocycles. The fourth-order valence-electron chi connectivity index (χ4n) is 1.15. The van der Waals surface area contributed by atoms with Gasteiger partial charge in [0.25, 0.3) is 0 Å². The van der Waals surface area contributed by atoms with Crippen LogP contribution in [-0.4, -0.2) is 55.2 Å². The van der Waals surface area contributed by atoms with Gasteiger partial charge in [-0.3, -0.25) is 0 Å². The Hall–Kier alpha value is -1.55. The van der Waals surface area contributed by atoms with Crippen LogP contribution in [0.25, 0.3) is 0 Å². The number of ether oxygens (including phenoxy) is 1. The number of aliphatic hydroxyl groups is 3. The SMILES string of the molecule is O=[N+]([O-])c1nccn1CO[C@@H](CO)C(O)CO. The van der Waals surface area contributed by atoms with Gasteiger partial charge < -0.3 is 30.2 Å². The Morgan fingerprint density at radius 2 is 2.24 bits per heavy atom. The first-order valence-electron chi connectivity index (χ1n) is 4.77. The van der Waals surface area contributed by atoms with Crippen molar-refractivity contribution in [3.63, 3.8) is 0 Å². The largest absolute Gasteiger partial charge is 0.436 e. The maximum absolute atomic E-state index is 10.5. The number of hydrogen-bond acceptors (Lipinski definition) is 7. The van der Waals surface area contributed by atoms with E-state index in [2.05, 4.69) is 4.98 Å². The van der Waals surface area contributed by atoms with Crippen LogP contribution in [0.3, 0.4) is 0 Å². The van der Waals surface area contributed by atoms with Crippen LogP contribution in [0.2, 0.25) is 0 Å². The molecule has 1 heterocycles. The van der Waals surface area contributed by atoms with Gasteiger partial charge in [0.1, 0.15) is 24.6 Å². The Morgan fingerprint density at radius 3 is 2.76 bits per heavy atom. The Morgan fingerprint density at radius 1 is 1.53 bits per heavy atom. The highest BCUT2D eigenvalue weighted by atomic mass is 16.6. The molecule has 96 valence electrons. The third kappa shape index (κ3) is 3.46. The molecule has 0 amide bonds. The van der Waals surface area contributed by atoms with E-state index in [1.54, 1.807) is 0 Å². The maximum Gasteiger partial charge on any atom is 0.436 e. The van der Waals surface area contributed by atoms with E-state index in [9.17, 15) is 15.2 Å². The lowest BCUT2D eigenvalue weighted by atomic mass is 10.2. The number of aromatic nitrogens is 2. The molecule has 0 aliphatic heterocycles. The summed E-state index contributed by atoms with van der Waals surface area (Å²) in [6, 6.07) is 0. The van der Waals surface area contributed by atoms with Gasteiger partial charge in [-0.25, -0.2) is 4.57 Å². The fraction of sp³-hybridized carbons (Fsp3) is 0.625. The number of nitro groups is 1. The fourth-order valence-corrected chi connectivity index (χ4v) is 1.15. The standard InChI is InChI=1S/C8H13N3O6/c12-3-6(14)7(4-13)17-5-10-2-1-9-8(10)11(15)16/h1-2,6-7,12-14H,3-5H2/t6?,7-/m0/s1. The van der Waals surface area contributed by atoms with Crippen molar-refractivity contribution >= 4 is 5.95 Å². The zero-order valence-electron chi connectivity index (χ0n) is 8.84. The van der Waals surface area contributed by atoms with E-state index in [1.165, 1.54) is 12.4 Å². The molecular formula is C8H13N3O6. The molecule has 2 atom stereocenters. The molecule has 3 N–H and O–H groups in total. The average Bonchev–Trinajstić information content (AvgIpc) is 2.77. The lowest BCUT2D eigenvalue weighted by Crippen LogP contribution is -2.35. The molecule has 17 heavy (non-hydrogen) atoms. The minimum Gasteiger partial charge on any atom is -0.394 e. The normalized spacial score (nSPS) is 14.5. The summed E-state index contributed by atoms with van der Waals surface area (Å²) in [7, 11) is 0. The van der Waals surface area contributed by atoms with Crippen molar-refractivity contribution in [3.8, 4) is 0 Å². The predicted molar refractivity (Wildman–Crippen MR) is 53.9 cm³/mol. The van der Waals surface area contributed by atoms with Crippen molar-refractivity contribution in [2.45, 2.75) is 18.9 Å². The third-order valence-corrected chi connectivity index (χ3v) is 2.08. The van der Waals surface area contributed by atoms with Crippen molar-refractivity contribution in [1.82, 2.24) is 9.55 Å². The molecule has 0 saturated carbocycles. The van der Waals surface area contributed by atoms with Gasteiger partial charge in [0, 0.05) is 0 Å². The minimum atomic E-state index is -1.25. The van der Waals surface area contributed by atoms with Gasteiger partial charge in [-0.2, -0.15) is 0 Å². The summed E-state index contributed by atoms with van der Waals surface area (Å²) in [6.45, 7) is -1.33. The molecule has 0 saturated heterocycles. The van der Waals surface area contributed by atoms with E-state index in [0.717, 1.165) is 4.57 Å². The highest BCUT2D eigenvalue weighted by Gasteiger charge is 2.21. The first-order chi connectivity index (χ1) is 8.10. The zero-order valence-corrected chi connectivity index (χ0v) is 8.84. The van der Waals surface area contributed by atoms with Crippen molar-refractivity contribution in [2.24, 2.45) is 0 Å². The van der Waals surface area contributed by atoms with E-state index >= 15 is 0 Å². The Bertz CT molecular complexity index is 368. The smallest absolute Gasteiger partial charge is 0.394 e. The first-order valence-corrected chi connectivity index (χ1v) is 4.77. The summed E-state index contributed by atoms with van der Waals surface area (Å²) < 4.78 is 6.14. The Labute approximate surface area is 96.0 Å². The highest BCUT2D eigenvalue weighted by Crippen LogP contribution is 2.09. The summed E-state index contributed by atoms with van der Waals surface area (Å²) >= 11 is 0. The number of rotatable bonds is 7. The van der Waals surface area contributed by atoms with Gasteiger partial charge in [0.2, 0.25) is 0 Å². The van der Waals surface area contributed by atoms with Crippen LogP contribution >= 0.6 is 0 Å². The molecule has 0 spiro atoms. The summed E-state index contributed by atoms with van der Waals surface area (Å²) in [5, 5.41) is 37.3. The molecule has 0 aromatic carbocycles. The second-order valence-corrected chi connectivity index (χ2v) is 3.22. The summed E-state index contributed by atoms with van der Waals surface area (Å²) in [5.41, 5.74) is 0. The zero-order chi connectivity index (χ0) is 12.8. The van der Waals surface area contributed by atoms with Crippen LogP contribution < -0.4 is 0 Å². The van der Waals surface area contributed by atoms with Gasteiger partial charge in [-0.15, -0.1) is 0 Å². The van der Waals surface area contributed by atoms with Crippen LogP contribution in [0.5, 0.6) is 0 Å². The quantitative estimate of drug-likeness (QED) is 0.394. The summed E-state index contributed by atoms with van der Waals surface area (Å²) in [6.07, 6.45) is 0.306. The van der Waals surface area contributed by atoms with Crippen molar-refractivity contribution < 1.29 is 25.0 Å². The van der Waals surface area contributed by atoms with Crippen LogP contribution in [0.1, 0.15) is 0 Å². The second kappa shape index (κ2) is 6.25. The van der Waals surface area contributed by atoms with E-state index in [0.29, 0.717) is 0 Å². The monoisotopic (exact) mass is 247 g/mol. The summed E-state index contributed by atoms with van der Waals surface area (Å²) in [5.74, 6) is -0.403. The Kier molecular flexibility index (Phi) is 4.97. The van der Waals surface area contributed by atoms with Gasteiger partial charge in [0.05, 0.1) is 13.2 Å². The lowest BCUT2D eigenvalue weighted by molar-refractivity contribution is -0.397. The molecular weight excluding hydrogens is 234 g/mol. The molecule has 0 radical (unpaired) electrons.